The van der Waals surface area contributed by atoms with E-state index < -0.39 is 0 Å². The monoisotopic (exact) mass is 291 g/mol. The molecule has 0 aliphatic heterocycles. The van der Waals surface area contributed by atoms with Crippen molar-refractivity contribution in [3.63, 3.8) is 0 Å². The minimum atomic E-state index is 0.266. The summed E-state index contributed by atoms with van der Waals surface area (Å²) < 4.78 is 10.7. The van der Waals surface area contributed by atoms with Gasteiger partial charge in [-0.2, -0.15) is 0 Å². The molecule has 0 bridgehead atoms. The fourth-order valence-electron chi connectivity index (χ4n) is 3.78. The third-order valence-electron chi connectivity index (χ3n) is 4.36. The molecule has 1 aliphatic rings. The Kier molecular flexibility index (Phi) is 5.28. The van der Waals surface area contributed by atoms with Crippen LogP contribution in [0.15, 0.2) is 24.3 Å². The predicted octanol–water partition coefficient (Wildman–Crippen LogP) is 3.38. The molecule has 0 saturated heterocycles. The molecule has 0 unspecified atom stereocenters. The van der Waals surface area contributed by atoms with Crippen LogP contribution in [0.25, 0.3) is 0 Å². The van der Waals surface area contributed by atoms with E-state index in [9.17, 15) is 0 Å². The lowest BCUT2D eigenvalue weighted by Crippen LogP contribution is -2.52. The van der Waals surface area contributed by atoms with Gasteiger partial charge in [-0.3, -0.25) is 0 Å². The molecule has 3 heteroatoms. The Morgan fingerprint density at radius 1 is 1.14 bits per heavy atom. The first-order valence-electron chi connectivity index (χ1n) is 7.94. The lowest BCUT2D eigenvalue weighted by atomic mass is 9.52. The van der Waals surface area contributed by atoms with Gasteiger partial charge in [-0.15, -0.1) is 0 Å². The van der Waals surface area contributed by atoms with Crippen LogP contribution in [0, 0.1) is 5.41 Å². The maximum Gasteiger partial charge on any atom is 0.119 e. The lowest BCUT2D eigenvalue weighted by molar-refractivity contribution is 0.0548. The van der Waals surface area contributed by atoms with Gasteiger partial charge < -0.3 is 14.8 Å². The Balaban J connectivity index is 2.05. The summed E-state index contributed by atoms with van der Waals surface area (Å²) in [5.41, 5.74) is 2.14. The number of hydrogen-bond acceptors (Lipinski definition) is 3. The van der Waals surface area contributed by atoms with Crippen LogP contribution in [0.2, 0.25) is 0 Å². The van der Waals surface area contributed by atoms with Crippen LogP contribution in [0.4, 0.5) is 0 Å². The van der Waals surface area contributed by atoms with E-state index >= 15 is 0 Å². The minimum Gasteiger partial charge on any atom is -0.494 e. The average Bonchev–Trinajstić information content (AvgIpc) is 2.42. The average molecular weight is 291 g/mol. The molecule has 1 fully saturated rings. The van der Waals surface area contributed by atoms with Crippen LogP contribution in [0.3, 0.4) is 0 Å². The molecule has 0 heterocycles. The van der Waals surface area contributed by atoms with Crippen molar-refractivity contribution in [2.75, 3.05) is 33.4 Å². The molecule has 0 radical (unpaired) electrons. The van der Waals surface area contributed by atoms with Crippen LogP contribution in [0.1, 0.15) is 39.2 Å². The quantitative estimate of drug-likeness (QED) is 0.745. The fraction of sp³-hybridized carbons (Fsp3) is 0.667. The first-order valence-corrected chi connectivity index (χ1v) is 7.94. The van der Waals surface area contributed by atoms with Gasteiger partial charge in [0.2, 0.25) is 0 Å². The van der Waals surface area contributed by atoms with E-state index in [4.69, 9.17) is 9.47 Å². The molecular formula is C18H29NO2. The van der Waals surface area contributed by atoms with Crippen LogP contribution in [-0.2, 0) is 10.2 Å². The third-order valence-corrected chi connectivity index (χ3v) is 4.36. The fourth-order valence-corrected chi connectivity index (χ4v) is 3.78. The molecule has 0 aromatic heterocycles. The lowest BCUT2D eigenvalue weighted by Gasteiger charge is -2.54. The Hall–Kier alpha value is -1.06. The third kappa shape index (κ3) is 3.98. The first kappa shape index (κ1) is 16.3. The smallest absolute Gasteiger partial charge is 0.119 e. The molecule has 118 valence electrons. The zero-order valence-electron chi connectivity index (χ0n) is 13.9. The van der Waals surface area contributed by atoms with Crippen molar-refractivity contribution in [1.82, 2.24) is 5.32 Å². The van der Waals surface area contributed by atoms with Crippen molar-refractivity contribution in [2.24, 2.45) is 5.41 Å². The highest BCUT2D eigenvalue weighted by Crippen LogP contribution is 2.55. The summed E-state index contributed by atoms with van der Waals surface area (Å²) in [4.78, 5) is 0. The molecule has 3 nitrogen and oxygen atoms in total. The molecule has 21 heavy (non-hydrogen) atoms. The van der Waals surface area contributed by atoms with E-state index in [0.29, 0.717) is 5.41 Å². The summed E-state index contributed by atoms with van der Waals surface area (Å²) in [7, 11) is 1.75. The van der Waals surface area contributed by atoms with E-state index in [-0.39, 0.29) is 5.41 Å². The topological polar surface area (TPSA) is 30.5 Å². The molecule has 0 atom stereocenters. The van der Waals surface area contributed by atoms with Crippen LogP contribution in [0.5, 0.6) is 5.75 Å². The molecule has 1 aromatic carbocycles. The van der Waals surface area contributed by atoms with E-state index in [0.717, 1.165) is 32.1 Å². The summed E-state index contributed by atoms with van der Waals surface area (Å²) in [6.45, 7) is 10.1. The summed E-state index contributed by atoms with van der Waals surface area (Å²) in [6.07, 6.45) is 2.46. The van der Waals surface area contributed by atoms with E-state index in [1.807, 2.05) is 6.92 Å². The highest BCUT2D eigenvalue weighted by atomic mass is 16.5. The summed E-state index contributed by atoms with van der Waals surface area (Å²) >= 11 is 0. The molecular weight excluding hydrogens is 262 g/mol. The van der Waals surface area contributed by atoms with E-state index in [2.05, 4.69) is 43.4 Å². The van der Waals surface area contributed by atoms with Gasteiger partial charge in [0, 0.05) is 25.6 Å². The highest BCUT2D eigenvalue weighted by Gasteiger charge is 2.49. The van der Waals surface area contributed by atoms with Gasteiger partial charge in [0.05, 0.1) is 13.2 Å². The summed E-state index contributed by atoms with van der Waals surface area (Å²) in [6, 6.07) is 8.67. The number of methoxy groups -OCH3 is 1. The molecule has 0 spiro atoms. The summed E-state index contributed by atoms with van der Waals surface area (Å²) in [5, 5.41) is 3.55. The van der Waals surface area contributed by atoms with Crippen molar-refractivity contribution in [3.05, 3.63) is 29.8 Å². The zero-order valence-corrected chi connectivity index (χ0v) is 13.9. The number of benzene rings is 1. The Morgan fingerprint density at radius 2 is 1.81 bits per heavy atom. The van der Waals surface area contributed by atoms with Gasteiger partial charge in [0.1, 0.15) is 5.75 Å². The number of hydrogen-bond donors (Lipinski definition) is 1. The predicted molar refractivity (Wildman–Crippen MR) is 87.0 cm³/mol. The number of nitrogens with one attached hydrogen (secondary N) is 1. The SMILES string of the molecule is CCOc1ccc(C2(CNCCOC)CC(C)(C)C2)cc1. The molecule has 0 amide bonds. The van der Waals surface area contributed by atoms with Gasteiger partial charge in [-0.1, -0.05) is 26.0 Å². The van der Waals surface area contributed by atoms with Crippen molar-refractivity contribution in [2.45, 2.75) is 39.0 Å². The number of rotatable bonds is 8. The summed E-state index contributed by atoms with van der Waals surface area (Å²) in [5.74, 6) is 0.960. The zero-order chi connectivity index (χ0) is 15.3. The molecule has 1 aliphatic carbocycles. The second kappa shape index (κ2) is 6.80. The Labute approximate surface area is 129 Å². The van der Waals surface area contributed by atoms with E-state index in [1.54, 1.807) is 7.11 Å². The van der Waals surface area contributed by atoms with Crippen molar-refractivity contribution >= 4 is 0 Å². The van der Waals surface area contributed by atoms with E-state index in [1.165, 1.54) is 18.4 Å². The van der Waals surface area contributed by atoms with Crippen molar-refractivity contribution in [3.8, 4) is 5.75 Å². The second-order valence-corrected chi connectivity index (χ2v) is 6.93. The Bertz CT molecular complexity index is 431. The minimum absolute atomic E-state index is 0.266. The first-order chi connectivity index (χ1) is 10.0. The van der Waals surface area contributed by atoms with Gasteiger partial charge >= 0.3 is 0 Å². The molecule has 1 N–H and O–H groups in total. The second-order valence-electron chi connectivity index (χ2n) is 6.93. The normalized spacial score (nSPS) is 19.0. The van der Waals surface area contributed by atoms with Crippen LogP contribution >= 0.6 is 0 Å². The van der Waals surface area contributed by atoms with Crippen LogP contribution < -0.4 is 10.1 Å². The van der Waals surface area contributed by atoms with Gasteiger partial charge in [-0.25, -0.2) is 0 Å². The van der Waals surface area contributed by atoms with Crippen molar-refractivity contribution < 1.29 is 9.47 Å². The largest absolute Gasteiger partial charge is 0.494 e. The standard InChI is InChI=1S/C18H29NO2/c1-5-21-16-8-6-15(7-9-16)18(12-17(2,3)13-18)14-19-10-11-20-4/h6-9,19H,5,10-14H2,1-4H3. The number of ether oxygens (including phenoxy) is 2. The van der Waals surface area contributed by atoms with Crippen LogP contribution in [-0.4, -0.2) is 33.4 Å². The highest BCUT2D eigenvalue weighted by molar-refractivity contribution is 5.35. The van der Waals surface area contributed by atoms with Gasteiger partial charge in [0.15, 0.2) is 0 Å². The molecule has 1 saturated carbocycles. The van der Waals surface area contributed by atoms with Crippen molar-refractivity contribution in [1.29, 1.82) is 0 Å². The molecule has 1 aromatic rings. The maximum absolute atomic E-state index is 5.55. The maximum atomic E-state index is 5.55. The van der Waals surface area contributed by atoms with Gasteiger partial charge in [0.25, 0.3) is 0 Å². The Morgan fingerprint density at radius 3 is 2.33 bits per heavy atom. The molecule has 2 rings (SSSR count). The van der Waals surface area contributed by atoms with Gasteiger partial charge in [-0.05, 0) is 42.9 Å².